The van der Waals surface area contributed by atoms with Gasteiger partial charge in [-0.25, -0.2) is 0 Å². The summed E-state index contributed by atoms with van der Waals surface area (Å²) in [6, 6.07) is 7.82. The van der Waals surface area contributed by atoms with Gasteiger partial charge < -0.3 is 5.32 Å². The molecule has 20 heavy (non-hydrogen) atoms. The molecule has 0 bridgehead atoms. The average Bonchev–Trinajstić information content (AvgIpc) is 2.85. The smallest absolute Gasteiger partial charge is 0.243 e. The molecule has 0 aliphatic heterocycles. The zero-order chi connectivity index (χ0) is 14.5. The molecule has 2 aromatic rings. The van der Waals surface area contributed by atoms with E-state index in [1.54, 1.807) is 0 Å². The molecule has 106 valence electrons. The average molecular weight is 273 g/mol. The lowest BCUT2D eigenvalue weighted by atomic mass is 10.1. The first kappa shape index (κ1) is 14.2. The van der Waals surface area contributed by atoms with Gasteiger partial charge in [-0.2, -0.15) is 4.80 Å². The summed E-state index contributed by atoms with van der Waals surface area (Å²) in [4.78, 5) is 13.0. The largest absolute Gasteiger partial charge is 0.354 e. The second-order valence-corrected chi connectivity index (χ2v) is 5.16. The molecule has 0 aliphatic rings. The van der Waals surface area contributed by atoms with E-state index in [0.29, 0.717) is 18.3 Å². The highest BCUT2D eigenvalue weighted by molar-refractivity contribution is 5.75. The Hall–Kier alpha value is -2.24. The second-order valence-electron chi connectivity index (χ2n) is 5.16. The summed E-state index contributed by atoms with van der Waals surface area (Å²) in [7, 11) is 0. The number of hydrogen-bond donors (Lipinski definition) is 1. The van der Waals surface area contributed by atoms with Crippen molar-refractivity contribution in [2.75, 3.05) is 6.54 Å². The molecule has 0 spiro atoms. The lowest BCUT2D eigenvalue weighted by molar-refractivity contribution is -0.122. The van der Waals surface area contributed by atoms with Crippen LogP contribution in [-0.2, 0) is 11.3 Å². The van der Waals surface area contributed by atoms with Crippen molar-refractivity contribution in [2.24, 2.45) is 5.92 Å². The number of carbonyl (C=O) groups excluding carboxylic acids is 1. The second kappa shape index (κ2) is 6.27. The molecule has 1 amide bonds. The zero-order valence-corrected chi connectivity index (χ0v) is 12.0. The molecule has 2 rings (SSSR count). The molecule has 1 aromatic carbocycles. The van der Waals surface area contributed by atoms with Gasteiger partial charge in [0.2, 0.25) is 11.7 Å². The van der Waals surface area contributed by atoms with Crippen molar-refractivity contribution in [1.29, 1.82) is 0 Å². The number of benzene rings is 1. The minimum absolute atomic E-state index is 0.0889. The first-order valence-electron chi connectivity index (χ1n) is 6.66. The maximum absolute atomic E-state index is 11.7. The summed E-state index contributed by atoms with van der Waals surface area (Å²) in [6.07, 6.45) is 0. The van der Waals surface area contributed by atoms with Crippen molar-refractivity contribution in [3.8, 4) is 11.4 Å². The number of hydrogen-bond acceptors (Lipinski definition) is 4. The summed E-state index contributed by atoms with van der Waals surface area (Å²) in [5, 5.41) is 15.0. The van der Waals surface area contributed by atoms with Gasteiger partial charge in [-0.15, -0.1) is 10.2 Å². The number of nitrogens with zero attached hydrogens (tertiary/aromatic N) is 4. The third-order valence-electron chi connectivity index (χ3n) is 2.83. The lowest BCUT2D eigenvalue weighted by Crippen LogP contribution is -2.31. The number of aromatic nitrogens is 4. The van der Waals surface area contributed by atoms with Gasteiger partial charge in [-0.1, -0.05) is 38.1 Å². The Kier molecular flexibility index (Phi) is 4.45. The van der Waals surface area contributed by atoms with Gasteiger partial charge in [0.15, 0.2) is 0 Å². The van der Waals surface area contributed by atoms with E-state index in [-0.39, 0.29) is 12.5 Å². The molecule has 1 heterocycles. The van der Waals surface area contributed by atoms with Crippen molar-refractivity contribution in [3.63, 3.8) is 0 Å². The van der Waals surface area contributed by atoms with Gasteiger partial charge in [0.25, 0.3) is 0 Å². The van der Waals surface area contributed by atoms with Crippen LogP contribution in [-0.4, -0.2) is 32.7 Å². The van der Waals surface area contributed by atoms with Gasteiger partial charge in [0.05, 0.1) is 0 Å². The molecule has 0 radical (unpaired) electrons. The normalized spacial score (nSPS) is 10.8. The van der Waals surface area contributed by atoms with Crippen LogP contribution in [0.2, 0.25) is 0 Å². The number of tetrazole rings is 1. The van der Waals surface area contributed by atoms with Gasteiger partial charge in [-0.05, 0) is 23.6 Å². The van der Waals surface area contributed by atoms with E-state index in [2.05, 4.69) is 20.7 Å². The van der Waals surface area contributed by atoms with E-state index in [1.165, 1.54) is 4.80 Å². The maximum atomic E-state index is 11.7. The van der Waals surface area contributed by atoms with Gasteiger partial charge in [0.1, 0.15) is 6.54 Å². The lowest BCUT2D eigenvalue weighted by Gasteiger charge is -2.06. The van der Waals surface area contributed by atoms with E-state index in [0.717, 1.165) is 11.1 Å². The molecular formula is C14H19N5O. The highest BCUT2D eigenvalue weighted by Gasteiger charge is 2.10. The van der Waals surface area contributed by atoms with Gasteiger partial charge >= 0.3 is 0 Å². The Labute approximate surface area is 118 Å². The van der Waals surface area contributed by atoms with E-state index >= 15 is 0 Å². The standard InChI is InChI=1S/C14H19N5O/c1-10(2)8-15-13(20)9-19-17-14(16-18-19)12-7-5-4-6-11(12)3/h4-7,10H,8-9H2,1-3H3,(H,15,20). The summed E-state index contributed by atoms with van der Waals surface area (Å²) >= 11 is 0. The number of rotatable bonds is 5. The molecule has 6 heteroatoms. The summed E-state index contributed by atoms with van der Waals surface area (Å²) in [6.45, 7) is 6.82. The molecule has 0 aliphatic carbocycles. The number of aryl methyl sites for hydroxylation is 1. The van der Waals surface area contributed by atoms with Gasteiger partial charge in [0, 0.05) is 12.1 Å². The number of carbonyl (C=O) groups is 1. The highest BCUT2D eigenvalue weighted by atomic mass is 16.2. The number of amides is 1. The molecule has 0 atom stereocenters. The summed E-state index contributed by atoms with van der Waals surface area (Å²) < 4.78 is 0. The van der Waals surface area contributed by atoms with Crippen LogP contribution in [0.15, 0.2) is 24.3 Å². The predicted octanol–water partition coefficient (Wildman–Crippen LogP) is 1.42. The Morgan fingerprint density at radius 2 is 2.10 bits per heavy atom. The Balaban J connectivity index is 2.03. The monoisotopic (exact) mass is 273 g/mol. The van der Waals surface area contributed by atoms with E-state index in [1.807, 2.05) is 45.0 Å². The van der Waals surface area contributed by atoms with E-state index in [9.17, 15) is 4.79 Å². The third kappa shape index (κ3) is 3.63. The SMILES string of the molecule is Cc1ccccc1-c1nnn(CC(=O)NCC(C)C)n1. The fraction of sp³-hybridized carbons (Fsp3) is 0.429. The fourth-order valence-corrected chi connectivity index (χ4v) is 1.74. The molecule has 0 saturated heterocycles. The van der Waals surface area contributed by atoms with Gasteiger partial charge in [-0.3, -0.25) is 4.79 Å². The Bertz CT molecular complexity index is 591. The minimum Gasteiger partial charge on any atom is -0.354 e. The van der Waals surface area contributed by atoms with Crippen LogP contribution < -0.4 is 5.32 Å². The quantitative estimate of drug-likeness (QED) is 0.894. The third-order valence-corrected chi connectivity index (χ3v) is 2.83. The topological polar surface area (TPSA) is 72.7 Å². The van der Waals surface area contributed by atoms with Crippen molar-refractivity contribution in [3.05, 3.63) is 29.8 Å². The fourth-order valence-electron chi connectivity index (χ4n) is 1.74. The van der Waals surface area contributed by atoms with Crippen LogP contribution in [0.4, 0.5) is 0 Å². The van der Waals surface area contributed by atoms with Crippen LogP contribution in [0.3, 0.4) is 0 Å². The molecule has 0 saturated carbocycles. The highest BCUT2D eigenvalue weighted by Crippen LogP contribution is 2.17. The first-order chi connectivity index (χ1) is 9.56. The Morgan fingerprint density at radius 1 is 1.35 bits per heavy atom. The van der Waals surface area contributed by atoms with E-state index < -0.39 is 0 Å². The summed E-state index contributed by atoms with van der Waals surface area (Å²) in [5.74, 6) is 0.859. The first-order valence-corrected chi connectivity index (χ1v) is 6.66. The van der Waals surface area contributed by atoms with Crippen LogP contribution in [0.1, 0.15) is 19.4 Å². The summed E-state index contributed by atoms with van der Waals surface area (Å²) in [5.41, 5.74) is 2.01. The number of nitrogens with one attached hydrogen (secondary N) is 1. The molecular weight excluding hydrogens is 254 g/mol. The maximum Gasteiger partial charge on any atom is 0.243 e. The zero-order valence-electron chi connectivity index (χ0n) is 12.0. The molecule has 6 nitrogen and oxygen atoms in total. The van der Waals surface area contributed by atoms with E-state index in [4.69, 9.17) is 0 Å². The van der Waals surface area contributed by atoms with Crippen molar-refractivity contribution in [1.82, 2.24) is 25.5 Å². The van der Waals surface area contributed by atoms with Crippen LogP contribution in [0.5, 0.6) is 0 Å². The molecule has 1 aromatic heterocycles. The van der Waals surface area contributed by atoms with Crippen LogP contribution in [0, 0.1) is 12.8 Å². The molecule has 1 N–H and O–H groups in total. The van der Waals surface area contributed by atoms with Crippen molar-refractivity contribution < 1.29 is 4.79 Å². The van der Waals surface area contributed by atoms with Crippen LogP contribution in [0.25, 0.3) is 11.4 Å². The van der Waals surface area contributed by atoms with Crippen molar-refractivity contribution in [2.45, 2.75) is 27.3 Å². The predicted molar refractivity (Wildman–Crippen MR) is 75.8 cm³/mol. The van der Waals surface area contributed by atoms with Crippen LogP contribution >= 0.6 is 0 Å². The molecule has 0 fully saturated rings. The van der Waals surface area contributed by atoms with Crippen molar-refractivity contribution >= 4 is 5.91 Å². The minimum atomic E-state index is -0.104. The Morgan fingerprint density at radius 3 is 2.80 bits per heavy atom. The molecule has 0 unspecified atom stereocenters.